The van der Waals surface area contributed by atoms with Gasteiger partial charge in [0, 0.05) is 12.6 Å². The summed E-state index contributed by atoms with van der Waals surface area (Å²) in [5.41, 5.74) is 2.34. The maximum Gasteiger partial charge on any atom is 0.264 e. The minimum Gasteiger partial charge on any atom is -0.352 e. The number of nitrogens with one attached hydrogen (secondary N) is 1. The Bertz CT molecular complexity index is 1400. The zero-order chi connectivity index (χ0) is 30.1. The topological polar surface area (TPSA) is 86.8 Å². The molecular formula is C34H43N3O4S. The van der Waals surface area contributed by atoms with Crippen molar-refractivity contribution < 1.29 is 18.0 Å². The molecule has 7 nitrogen and oxygen atoms in total. The van der Waals surface area contributed by atoms with Crippen molar-refractivity contribution in [3.8, 4) is 0 Å². The number of carbonyl (C=O) groups is 2. The Morgan fingerprint density at radius 1 is 0.857 bits per heavy atom. The lowest BCUT2D eigenvalue weighted by Gasteiger charge is -2.34. The number of anilines is 1. The van der Waals surface area contributed by atoms with Crippen molar-refractivity contribution in [1.82, 2.24) is 10.2 Å². The zero-order valence-electron chi connectivity index (χ0n) is 24.9. The molecule has 0 heterocycles. The molecular weight excluding hydrogens is 546 g/mol. The van der Waals surface area contributed by atoms with Crippen LogP contribution in [-0.4, -0.2) is 43.8 Å². The van der Waals surface area contributed by atoms with Crippen LogP contribution in [-0.2, 0) is 26.2 Å². The van der Waals surface area contributed by atoms with Crippen molar-refractivity contribution in [2.75, 3.05) is 10.8 Å². The molecule has 224 valence electrons. The van der Waals surface area contributed by atoms with Gasteiger partial charge in [0.1, 0.15) is 12.6 Å². The number of amides is 2. The molecule has 3 aromatic rings. The minimum atomic E-state index is -4.08. The third kappa shape index (κ3) is 7.79. The highest BCUT2D eigenvalue weighted by atomic mass is 32.2. The fourth-order valence-corrected chi connectivity index (χ4v) is 6.95. The highest BCUT2D eigenvalue weighted by Gasteiger charge is 2.34. The molecule has 0 aromatic heterocycles. The van der Waals surface area contributed by atoms with E-state index in [1.165, 1.54) is 22.9 Å². The maximum absolute atomic E-state index is 14.2. The molecule has 1 aliphatic rings. The molecule has 8 heteroatoms. The summed E-state index contributed by atoms with van der Waals surface area (Å²) in [5.74, 6) is -0.349. The molecule has 2 amide bonds. The minimum absolute atomic E-state index is 0.0995. The van der Waals surface area contributed by atoms with Crippen LogP contribution in [0.2, 0.25) is 0 Å². The van der Waals surface area contributed by atoms with E-state index in [1.54, 1.807) is 35.2 Å². The Morgan fingerprint density at radius 2 is 1.45 bits per heavy atom. The van der Waals surface area contributed by atoms with E-state index >= 15 is 0 Å². The summed E-state index contributed by atoms with van der Waals surface area (Å²) in [6.45, 7) is 5.79. The molecule has 1 fully saturated rings. The van der Waals surface area contributed by atoms with E-state index in [0.717, 1.165) is 36.8 Å². The van der Waals surface area contributed by atoms with E-state index in [4.69, 9.17) is 0 Å². The molecule has 1 saturated carbocycles. The van der Waals surface area contributed by atoms with E-state index in [1.807, 2.05) is 49.4 Å². The van der Waals surface area contributed by atoms with Gasteiger partial charge < -0.3 is 10.2 Å². The molecule has 42 heavy (non-hydrogen) atoms. The number of carbonyl (C=O) groups excluding carboxylic acids is 2. The second-order valence-corrected chi connectivity index (χ2v) is 13.2. The van der Waals surface area contributed by atoms with Crippen molar-refractivity contribution >= 4 is 27.5 Å². The van der Waals surface area contributed by atoms with Gasteiger partial charge in [-0.1, -0.05) is 101 Å². The first-order valence-electron chi connectivity index (χ1n) is 15.0. The summed E-state index contributed by atoms with van der Waals surface area (Å²) >= 11 is 0. The van der Waals surface area contributed by atoms with Crippen LogP contribution in [0.4, 0.5) is 5.69 Å². The first kappa shape index (κ1) is 31.3. The molecule has 0 saturated heterocycles. The van der Waals surface area contributed by atoms with Gasteiger partial charge in [0.15, 0.2) is 0 Å². The lowest BCUT2D eigenvalue weighted by molar-refractivity contribution is -0.140. The molecule has 1 atom stereocenters. The summed E-state index contributed by atoms with van der Waals surface area (Å²) in [7, 11) is -4.08. The van der Waals surface area contributed by atoms with Gasteiger partial charge in [0.2, 0.25) is 11.8 Å². The number of hydrogen-bond acceptors (Lipinski definition) is 4. The van der Waals surface area contributed by atoms with Crippen molar-refractivity contribution in [3.63, 3.8) is 0 Å². The smallest absolute Gasteiger partial charge is 0.264 e. The summed E-state index contributed by atoms with van der Waals surface area (Å²) in [4.78, 5) is 29.5. The highest BCUT2D eigenvalue weighted by molar-refractivity contribution is 7.92. The van der Waals surface area contributed by atoms with Gasteiger partial charge in [-0.15, -0.1) is 0 Å². The lowest BCUT2D eigenvalue weighted by Crippen LogP contribution is -2.54. The number of benzene rings is 3. The molecule has 0 bridgehead atoms. The third-order valence-electron chi connectivity index (χ3n) is 7.99. The Hall–Kier alpha value is -3.65. The number of sulfonamides is 1. The maximum atomic E-state index is 14.2. The van der Waals surface area contributed by atoms with Crippen LogP contribution in [0.5, 0.6) is 0 Å². The highest BCUT2D eigenvalue weighted by Crippen LogP contribution is 2.27. The average Bonchev–Trinajstić information content (AvgIpc) is 3.01. The predicted molar refractivity (Wildman–Crippen MR) is 168 cm³/mol. The van der Waals surface area contributed by atoms with E-state index in [0.29, 0.717) is 12.1 Å². The molecule has 1 aliphatic carbocycles. The Labute approximate surface area is 251 Å². The van der Waals surface area contributed by atoms with Gasteiger partial charge >= 0.3 is 0 Å². The Morgan fingerprint density at radius 3 is 2.02 bits per heavy atom. The predicted octanol–water partition coefficient (Wildman–Crippen LogP) is 6.26. The van der Waals surface area contributed by atoms with Crippen LogP contribution in [0, 0.1) is 0 Å². The fraction of sp³-hybridized carbons (Fsp3) is 0.412. The normalized spacial score (nSPS) is 14.8. The van der Waals surface area contributed by atoms with E-state index < -0.39 is 28.5 Å². The molecule has 4 rings (SSSR count). The van der Waals surface area contributed by atoms with Crippen molar-refractivity contribution in [3.05, 3.63) is 96.1 Å². The summed E-state index contributed by atoms with van der Waals surface area (Å²) in [6, 6.07) is 24.3. The summed E-state index contributed by atoms with van der Waals surface area (Å²) in [6.07, 6.45) is 5.61. The van der Waals surface area contributed by atoms with Crippen LogP contribution in [0.15, 0.2) is 89.8 Å². The van der Waals surface area contributed by atoms with Gasteiger partial charge in [0.25, 0.3) is 10.0 Å². The van der Waals surface area contributed by atoms with Gasteiger partial charge in [-0.3, -0.25) is 13.9 Å². The SMILES string of the molecule is CC[C@H](C(=O)NC1CCCCC1)N(Cc1ccccc1)C(=O)CN(c1ccc(C(C)C)cc1)S(=O)(=O)c1ccccc1. The van der Waals surface area contributed by atoms with Gasteiger partial charge in [-0.05, 0) is 60.6 Å². The monoisotopic (exact) mass is 589 g/mol. The Kier molecular flexibility index (Phi) is 10.8. The summed E-state index contributed by atoms with van der Waals surface area (Å²) in [5, 5.41) is 3.18. The number of rotatable bonds is 12. The van der Waals surface area contributed by atoms with Crippen LogP contribution >= 0.6 is 0 Å². The van der Waals surface area contributed by atoms with E-state index in [9.17, 15) is 18.0 Å². The Balaban J connectivity index is 1.69. The van der Waals surface area contributed by atoms with Crippen molar-refractivity contribution in [1.29, 1.82) is 0 Å². The average molecular weight is 590 g/mol. The van der Waals surface area contributed by atoms with Crippen molar-refractivity contribution in [2.24, 2.45) is 0 Å². The van der Waals surface area contributed by atoms with Gasteiger partial charge in [-0.25, -0.2) is 8.42 Å². The number of hydrogen-bond donors (Lipinski definition) is 1. The molecule has 0 unspecified atom stereocenters. The standard InChI is InChI=1S/C34H43N3O4S/c1-4-32(34(39)35-29-16-10-6-11-17-29)36(24-27-14-8-5-9-15-27)33(38)25-37(30-22-20-28(21-23-30)26(2)3)42(40,41)31-18-12-7-13-19-31/h5,7-9,12-15,18-23,26,29,32H,4,6,10-11,16-17,24-25H2,1-3H3,(H,35,39)/t32-/m1/s1. The van der Waals surface area contributed by atoms with Gasteiger partial charge in [-0.2, -0.15) is 0 Å². The molecule has 1 N–H and O–H groups in total. The van der Waals surface area contributed by atoms with Crippen LogP contribution in [0.1, 0.15) is 76.3 Å². The second-order valence-electron chi connectivity index (χ2n) is 11.3. The molecule has 0 aliphatic heterocycles. The molecule has 0 radical (unpaired) electrons. The first-order valence-corrected chi connectivity index (χ1v) is 16.5. The van der Waals surface area contributed by atoms with Crippen LogP contribution in [0.25, 0.3) is 0 Å². The third-order valence-corrected chi connectivity index (χ3v) is 9.78. The quantitative estimate of drug-likeness (QED) is 0.270. The van der Waals surface area contributed by atoms with Gasteiger partial charge in [0.05, 0.1) is 10.6 Å². The first-order chi connectivity index (χ1) is 20.2. The lowest BCUT2D eigenvalue weighted by atomic mass is 9.95. The zero-order valence-corrected chi connectivity index (χ0v) is 25.7. The van der Waals surface area contributed by atoms with Crippen LogP contribution in [0.3, 0.4) is 0 Å². The van der Waals surface area contributed by atoms with E-state index in [2.05, 4.69) is 19.2 Å². The number of nitrogens with zero attached hydrogens (tertiary/aromatic N) is 2. The molecule has 0 spiro atoms. The van der Waals surface area contributed by atoms with Crippen molar-refractivity contribution in [2.45, 2.75) is 88.7 Å². The summed E-state index contributed by atoms with van der Waals surface area (Å²) < 4.78 is 29.1. The molecule has 3 aromatic carbocycles. The second kappa shape index (κ2) is 14.5. The van der Waals surface area contributed by atoms with Crippen LogP contribution < -0.4 is 9.62 Å². The van der Waals surface area contributed by atoms with E-state index in [-0.39, 0.29) is 29.3 Å². The largest absolute Gasteiger partial charge is 0.352 e. The fourth-order valence-electron chi connectivity index (χ4n) is 5.52.